The third-order valence-corrected chi connectivity index (χ3v) is 4.61. The first kappa shape index (κ1) is 18.1. The molecular weight excluding hydrogens is 335 g/mol. The molecule has 0 radical (unpaired) electrons. The molecule has 0 bridgehead atoms. The van der Waals surface area contributed by atoms with Crippen molar-refractivity contribution < 1.29 is 14.0 Å². The van der Waals surface area contributed by atoms with Crippen LogP contribution in [0.3, 0.4) is 0 Å². The van der Waals surface area contributed by atoms with Gasteiger partial charge >= 0.3 is 0 Å². The largest absolute Gasteiger partial charge is 0.337 e. The molecule has 0 aliphatic carbocycles. The lowest BCUT2D eigenvalue weighted by Gasteiger charge is -2.22. The number of rotatable bonds is 3. The van der Waals surface area contributed by atoms with Crippen molar-refractivity contribution in [2.75, 3.05) is 26.2 Å². The summed E-state index contributed by atoms with van der Waals surface area (Å²) in [6.07, 6.45) is 0.646. The normalized spacial score (nSPS) is 15.2. The van der Waals surface area contributed by atoms with E-state index in [1.54, 1.807) is 28.0 Å². The van der Waals surface area contributed by atoms with Gasteiger partial charge in [0.25, 0.3) is 11.8 Å². The second-order valence-corrected chi connectivity index (χ2v) is 6.78. The van der Waals surface area contributed by atoms with Gasteiger partial charge in [-0.05, 0) is 30.5 Å². The summed E-state index contributed by atoms with van der Waals surface area (Å²) in [5.41, 5.74) is 1.38. The lowest BCUT2D eigenvalue weighted by atomic mass is 10.1. The van der Waals surface area contributed by atoms with Gasteiger partial charge in [-0.15, -0.1) is 0 Å². The molecule has 0 saturated carbocycles. The maximum absolute atomic E-state index is 13.9. The fourth-order valence-electron chi connectivity index (χ4n) is 3.03. The molecule has 1 aliphatic rings. The van der Waals surface area contributed by atoms with E-state index in [1.807, 2.05) is 13.8 Å². The second-order valence-electron chi connectivity index (χ2n) is 6.78. The molecule has 138 valence electrons. The Balaban J connectivity index is 1.67. The zero-order chi connectivity index (χ0) is 18.7. The van der Waals surface area contributed by atoms with Gasteiger partial charge in [0.15, 0.2) is 0 Å². The number of benzene rings is 1. The minimum atomic E-state index is -0.521. The molecule has 7 heteroatoms. The van der Waals surface area contributed by atoms with Gasteiger partial charge in [-0.1, -0.05) is 26.0 Å². The number of aromatic nitrogens is 2. The third-order valence-electron chi connectivity index (χ3n) is 4.61. The molecule has 1 aromatic heterocycles. The van der Waals surface area contributed by atoms with E-state index < -0.39 is 5.82 Å². The molecule has 6 nitrogen and oxygen atoms in total. The fourth-order valence-corrected chi connectivity index (χ4v) is 3.03. The van der Waals surface area contributed by atoms with Gasteiger partial charge in [0.1, 0.15) is 11.5 Å². The highest BCUT2D eigenvalue weighted by Crippen LogP contribution is 2.16. The summed E-state index contributed by atoms with van der Waals surface area (Å²) in [5, 5.41) is 7.00. The first-order valence-corrected chi connectivity index (χ1v) is 8.85. The average Bonchev–Trinajstić information content (AvgIpc) is 3.00. The summed E-state index contributed by atoms with van der Waals surface area (Å²) >= 11 is 0. The molecule has 0 spiro atoms. The van der Waals surface area contributed by atoms with Gasteiger partial charge in [-0.3, -0.25) is 14.7 Å². The Kier molecular flexibility index (Phi) is 5.35. The molecule has 1 saturated heterocycles. The zero-order valence-corrected chi connectivity index (χ0v) is 15.0. The standard InChI is InChI=1S/C19H23FN4O2/c1-13(2)16-12-17(22-21-16)19(26)24-9-5-8-23(10-11-24)18(25)14-6-3-4-7-15(14)20/h3-4,6-7,12-13H,5,8-11H2,1-2H3,(H,21,22). The monoisotopic (exact) mass is 358 g/mol. The van der Waals surface area contributed by atoms with Crippen LogP contribution in [0.25, 0.3) is 0 Å². The van der Waals surface area contributed by atoms with Crippen molar-refractivity contribution in [2.24, 2.45) is 0 Å². The summed E-state index contributed by atoms with van der Waals surface area (Å²) in [7, 11) is 0. The van der Waals surface area contributed by atoms with E-state index in [1.165, 1.54) is 12.1 Å². The number of nitrogens with one attached hydrogen (secondary N) is 1. The predicted octanol–water partition coefficient (Wildman–Crippen LogP) is 2.66. The van der Waals surface area contributed by atoms with Gasteiger partial charge in [0.05, 0.1) is 5.56 Å². The van der Waals surface area contributed by atoms with E-state index in [0.717, 1.165) is 5.69 Å². The van der Waals surface area contributed by atoms with Crippen molar-refractivity contribution >= 4 is 11.8 Å². The molecule has 3 rings (SSSR count). The SMILES string of the molecule is CC(C)c1cc(C(=O)N2CCCN(C(=O)c3ccccc3F)CC2)n[nH]1. The summed E-state index contributed by atoms with van der Waals surface area (Å²) in [6, 6.07) is 7.76. The van der Waals surface area contributed by atoms with Crippen molar-refractivity contribution in [1.82, 2.24) is 20.0 Å². The Morgan fingerprint density at radius 1 is 1.08 bits per heavy atom. The number of carbonyl (C=O) groups excluding carboxylic acids is 2. The molecule has 1 N–H and O–H groups in total. The third kappa shape index (κ3) is 3.76. The van der Waals surface area contributed by atoms with Crippen molar-refractivity contribution in [3.8, 4) is 0 Å². The van der Waals surface area contributed by atoms with E-state index in [2.05, 4.69) is 10.2 Å². The topological polar surface area (TPSA) is 69.3 Å². The van der Waals surface area contributed by atoms with E-state index in [0.29, 0.717) is 38.3 Å². The van der Waals surface area contributed by atoms with Crippen LogP contribution < -0.4 is 0 Å². The summed E-state index contributed by atoms with van der Waals surface area (Å²) in [5.74, 6) is -0.734. The minimum absolute atomic E-state index is 0.0705. The Hall–Kier alpha value is -2.70. The second kappa shape index (κ2) is 7.68. The Labute approximate surface area is 152 Å². The molecule has 1 aromatic carbocycles. The van der Waals surface area contributed by atoms with Crippen LogP contribution in [0.4, 0.5) is 4.39 Å². The number of H-pyrrole nitrogens is 1. The first-order valence-electron chi connectivity index (χ1n) is 8.85. The van der Waals surface area contributed by atoms with Crippen LogP contribution in [0.1, 0.15) is 52.7 Å². The van der Waals surface area contributed by atoms with E-state index in [4.69, 9.17) is 0 Å². The van der Waals surface area contributed by atoms with Crippen LogP contribution in [-0.2, 0) is 0 Å². The molecule has 26 heavy (non-hydrogen) atoms. The average molecular weight is 358 g/mol. The van der Waals surface area contributed by atoms with Gasteiger partial charge < -0.3 is 9.80 Å². The van der Waals surface area contributed by atoms with Gasteiger partial charge in [-0.25, -0.2) is 4.39 Å². The highest BCUT2D eigenvalue weighted by atomic mass is 19.1. The lowest BCUT2D eigenvalue weighted by Crippen LogP contribution is -2.37. The Morgan fingerprint density at radius 2 is 1.73 bits per heavy atom. The highest BCUT2D eigenvalue weighted by molar-refractivity contribution is 5.95. The predicted molar refractivity (Wildman–Crippen MR) is 95.5 cm³/mol. The molecule has 2 heterocycles. The van der Waals surface area contributed by atoms with Crippen LogP contribution in [0, 0.1) is 5.82 Å². The molecule has 1 aliphatic heterocycles. The van der Waals surface area contributed by atoms with Crippen LogP contribution >= 0.6 is 0 Å². The minimum Gasteiger partial charge on any atom is -0.337 e. The smallest absolute Gasteiger partial charge is 0.274 e. The lowest BCUT2D eigenvalue weighted by molar-refractivity contribution is 0.0713. The Morgan fingerprint density at radius 3 is 2.35 bits per heavy atom. The Bertz CT molecular complexity index is 802. The van der Waals surface area contributed by atoms with Crippen LogP contribution in [0.15, 0.2) is 30.3 Å². The van der Waals surface area contributed by atoms with Crippen molar-refractivity contribution in [3.63, 3.8) is 0 Å². The van der Waals surface area contributed by atoms with Gasteiger partial charge in [-0.2, -0.15) is 5.10 Å². The van der Waals surface area contributed by atoms with Gasteiger partial charge in [0, 0.05) is 31.9 Å². The maximum Gasteiger partial charge on any atom is 0.274 e. The number of carbonyl (C=O) groups is 2. The summed E-state index contributed by atoms with van der Waals surface area (Å²) in [6.45, 7) is 5.88. The highest BCUT2D eigenvalue weighted by Gasteiger charge is 2.26. The number of nitrogens with zero attached hydrogens (tertiary/aromatic N) is 3. The van der Waals surface area contributed by atoms with E-state index in [-0.39, 0.29) is 23.3 Å². The van der Waals surface area contributed by atoms with E-state index in [9.17, 15) is 14.0 Å². The van der Waals surface area contributed by atoms with E-state index >= 15 is 0 Å². The van der Waals surface area contributed by atoms with Crippen LogP contribution in [-0.4, -0.2) is 58.0 Å². The molecule has 2 aromatic rings. The molecule has 0 atom stereocenters. The van der Waals surface area contributed by atoms with Crippen molar-refractivity contribution in [2.45, 2.75) is 26.2 Å². The fraction of sp³-hybridized carbons (Fsp3) is 0.421. The molecule has 0 unspecified atom stereocenters. The van der Waals surface area contributed by atoms with Crippen LogP contribution in [0.2, 0.25) is 0 Å². The number of hydrogen-bond donors (Lipinski definition) is 1. The quantitative estimate of drug-likeness (QED) is 0.917. The van der Waals surface area contributed by atoms with Crippen molar-refractivity contribution in [3.05, 3.63) is 53.1 Å². The molecule has 1 fully saturated rings. The number of aromatic amines is 1. The molecule has 2 amide bonds. The molecular formula is C19H23FN4O2. The maximum atomic E-state index is 13.9. The number of amides is 2. The number of halogens is 1. The van der Waals surface area contributed by atoms with Crippen LogP contribution in [0.5, 0.6) is 0 Å². The zero-order valence-electron chi connectivity index (χ0n) is 15.0. The van der Waals surface area contributed by atoms with Gasteiger partial charge in [0.2, 0.25) is 0 Å². The van der Waals surface area contributed by atoms with Crippen molar-refractivity contribution in [1.29, 1.82) is 0 Å². The summed E-state index contributed by atoms with van der Waals surface area (Å²) < 4.78 is 13.9. The number of hydrogen-bond acceptors (Lipinski definition) is 3. The first-order chi connectivity index (χ1) is 12.5. The summed E-state index contributed by atoms with van der Waals surface area (Å²) in [4.78, 5) is 28.5.